The second kappa shape index (κ2) is 8.41. The fourth-order valence-corrected chi connectivity index (χ4v) is 4.24. The average molecular weight is 417 g/mol. The van der Waals surface area contributed by atoms with Crippen LogP contribution in [0.1, 0.15) is 37.1 Å². The molecule has 0 spiro atoms. The van der Waals surface area contributed by atoms with Crippen molar-refractivity contribution in [3.63, 3.8) is 0 Å². The maximum absolute atomic E-state index is 12.1. The summed E-state index contributed by atoms with van der Waals surface area (Å²) in [5, 5.41) is 9.54. The Labute approximate surface area is 174 Å². The molecular formula is C20H25ClN6O2. The van der Waals surface area contributed by atoms with Crippen molar-refractivity contribution in [2.24, 2.45) is 11.7 Å². The average Bonchev–Trinajstić information content (AvgIpc) is 3.30. The lowest BCUT2D eigenvalue weighted by atomic mass is 9.96. The molecule has 29 heavy (non-hydrogen) atoms. The highest BCUT2D eigenvalue weighted by Crippen LogP contribution is 2.26. The van der Waals surface area contributed by atoms with Gasteiger partial charge in [0.2, 0.25) is 17.8 Å². The number of halogens is 1. The molecule has 8 nitrogen and oxygen atoms in total. The summed E-state index contributed by atoms with van der Waals surface area (Å²) in [5.74, 6) is 1.31. The smallest absolute Gasteiger partial charge is 0.227 e. The van der Waals surface area contributed by atoms with Gasteiger partial charge in [-0.15, -0.1) is 10.2 Å². The van der Waals surface area contributed by atoms with Crippen LogP contribution in [0.5, 0.6) is 0 Å². The van der Waals surface area contributed by atoms with E-state index in [2.05, 4.69) is 15.1 Å². The third-order valence-electron chi connectivity index (χ3n) is 5.78. The van der Waals surface area contributed by atoms with Gasteiger partial charge in [0.15, 0.2) is 5.82 Å². The van der Waals surface area contributed by atoms with E-state index < -0.39 is 0 Å². The molecule has 2 aliphatic heterocycles. The number of anilines is 1. The first-order chi connectivity index (χ1) is 14.0. The van der Waals surface area contributed by atoms with Crippen molar-refractivity contribution in [3.05, 3.63) is 40.7 Å². The van der Waals surface area contributed by atoms with Crippen molar-refractivity contribution in [1.82, 2.24) is 19.7 Å². The number of likely N-dealkylation sites (tertiary alicyclic amines) is 1. The first-order valence-corrected chi connectivity index (χ1v) is 10.4. The predicted octanol–water partition coefficient (Wildman–Crippen LogP) is 1.80. The quantitative estimate of drug-likeness (QED) is 0.774. The van der Waals surface area contributed by atoms with Crippen molar-refractivity contribution in [2.45, 2.75) is 38.8 Å². The van der Waals surface area contributed by atoms with Gasteiger partial charge < -0.3 is 15.5 Å². The number of piperidine rings is 1. The number of primary amides is 1. The van der Waals surface area contributed by atoms with Crippen molar-refractivity contribution in [2.75, 3.05) is 24.5 Å². The van der Waals surface area contributed by atoms with E-state index in [9.17, 15) is 9.59 Å². The molecule has 2 fully saturated rings. The number of nitrogens with two attached hydrogens (primary N) is 1. The summed E-state index contributed by atoms with van der Waals surface area (Å²) in [5.41, 5.74) is 6.43. The second-order valence-corrected chi connectivity index (χ2v) is 8.08. The topological polar surface area (TPSA) is 97.4 Å². The Bertz CT molecular complexity index is 906. The molecule has 2 aliphatic rings. The van der Waals surface area contributed by atoms with E-state index >= 15 is 0 Å². The molecule has 2 N–H and O–H groups in total. The summed E-state index contributed by atoms with van der Waals surface area (Å²) >= 11 is 6.40. The van der Waals surface area contributed by atoms with Crippen molar-refractivity contribution < 1.29 is 9.59 Å². The number of hydrogen-bond acceptors (Lipinski definition) is 5. The van der Waals surface area contributed by atoms with Gasteiger partial charge in [0.05, 0.1) is 13.1 Å². The minimum atomic E-state index is -0.240. The Morgan fingerprint density at radius 3 is 2.55 bits per heavy atom. The van der Waals surface area contributed by atoms with Crippen molar-refractivity contribution in [3.8, 4) is 0 Å². The van der Waals surface area contributed by atoms with Gasteiger partial charge in [-0.05, 0) is 30.9 Å². The lowest BCUT2D eigenvalue weighted by Crippen LogP contribution is -2.40. The van der Waals surface area contributed by atoms with E-state index in [1.807, 2.05) is 33.7 Å². The number of benzene rings is 1. The van der Waals surface area contributed by atoms with Gasteiger partial charge in [-0.3, -0.25) is 14.2 Å². The van der Waals surface area contributed by atoms with Crippen LogP contribution in [0.2, 0.25) is 5.02 Å². The molecule has 2 amide bonds. The van der Waals surface area contributed by atoms with Crippen molar-refractivity contribution >= 4 is 29.4 Å². The van der Waals surface area contributed by atoms with Gasteiger partial charge in [0.25, 0.3) is 0 Å². The molecule has 0 unspecified atom stereocenters. The lowest BCUT2D eigenvalue weighted by Gasteiger charge is -2.31. The molecule has 9 heteroatoms. The first-order valence-electron chi connectivity index (χ1n) is 10.0. The summed E-state index contributed by atoms with van der Waals surface area (Å²) in [6, 6.07) is 7.70. The molecule has 4 rings (SSSR count). The Kier molecular flexibility index (Phi) is 5.71. The van der Waals surface area contributed by atoms with E-state index in [4.69, 9.17) is 17.3 Å². The zero-order valence-corrected chi connectivity index (χ0v) is 17.0. The van der Waals surface area contributed by atoms with E-state index in [0.717, 1.165) is 30.3 Å². The van der Waals surface area contributed by atoms with E-state index in [1.165, 1.54) is 0 Å². The maximum atomic E-state index is 12.1. The van der Waals surface area contributed by atoms with E-state index in [-0.39, 0.29) is 17.7 Å². The number of nitrogens with zero attached hydrogens (tertiary/aromatic N) is 5. The molecular weight excluding hydrogens is 392 g/mol. The Hall–Kier alpha value is -2.61. The highest BCUT2D eigenvalue weighted by Gasteiger charge is 2.28. The molecule has 154 valence electrons. The van der Waals surface area contributed by atoms with Crippen LogP contribution in [0.4, 0.5) is 5.95 Å². The van der Waals surface area contributed by atoms with Gasteiger partial charge in [-0.1, -0.05) is 29.8 Å². The number of aromatic nitrogens is 3. The molecule has 0 saturated carbocycles. The summed E-state index contributed by atoms with van der Waals surface area (Å²) in [6.45, 7) is 3.09. The van der Waals surface area contributed by atoms with Crippen LogP contribution in [0.3, 0.4) is 0 Å². The number of hydrogen-bond donors (Lipinski definition) is 1. The standard InChI is InChI=1S/C20H25ClN6O2/c21-16-5-2-1-4-15(16)12-27-17(13-26-9-3-6-18(26)28)23-24-20(27)25-10-7-14(8-11-25)19(22)29/h1-2,4-5,14H,3,6-13H2,(H2,22,29). The third-order valence-corrected chi connectivity index (χ3v) is 6.15. The number of rotatable bonds is 6. The maximum Gasteiger partial charge on any atom is 0.227 e. The van der Waals surface area contributed by atoms with Crippen LogP contribution in [-0.4, -0.2) is 51.1 Å². The molecule has 0 atom stereocenters. The largest absolute Gasteiger partial charge is 0.369 e. The van der Waals surface area contributed by atoms with Crippen LogP contribution >= 0.6 is 11.6 Å². The first kappa shape index (κ1) is 19.7. The Morgan fingerprint density at radius 2 is 1.90 bits per heavy atom. The summed E-state index contributed by atoms with van der Waals surface area (Å²) in [6.07, 6.45) is 2.87. The van der Waals surface area contributed by atoms with Crippen LogP contribution < -0.4 is 10.6 Å². The van der Waals surface area contributed by atoms with Gasteiger partial charge in [0, 0.05) is 37.0 Å². The van der Waals surface area contributed by atoms with Gasteiger partial charge >= 0.3 is 0 Å². The van der Waals surface area contributed by atoms with Gasteiger partial charge in [-0.25, -0.2) is 0 Å². The van der Waals surface area contributed by atoms with Gasteiger partial charge in [0.1, 0.15) is 0 Å². The normalized spacial score (nSPS) is 17.9. The number of amides is 2. The molecule has 0 bridgehead atoms. The minimum Gasteiger partial charge on any atom is -0.369 e. The highest BCUT2D eigenvalue weighted by atomic mass is 35.5. The van der Waals surface area contributed by atoms with Crippen LogP contribution in [0.25, 0.3) is 0 Å². The number of carbonyl (C=O) groups excluding carboxylic acids is 2. The van der Waals surface area contributed by atoms with E-state index in [0.29, 0.717) is 50.5 Å². The molecule has 1 aromatic heterocycles. The summed E-state index contributed by atoms with van der Waals surface area (Å²) in [7, 11) is 0. The summed E-state index contributed by atoms with van der Waals surface area (Å²) < 4.78 is 2.04. The zero-order chi connectivity index (χ0) is 20.4. The third kappa shape index (κ3) is 4.22. The number of carbonyl (C=O) groups is 2. The van der Waals surface area contributed by atoms with Crippen molar-refractivity contribution in [1.29, 1.82) is 0 Å². The van der Waals surface area contributed by atoms with E-state index in [1.54, 1.807) is 0 Å². The molecule has 0 aliphatic carbocycles. The Morgan fingerprint density at radius 1 is 1.14 bits per heavy atom. The molecule has 3 heterocycles. The SMILES string of the molecule is NC(=O)C1CCN(c2nnc(CN3CCCC3=O)n2Cc2ccccc2Cl)CC1. The molecule has 0 radical (unpaired) electrons. The molecule has 2 saturated heterocycles. The van der Waals surface area contributed by atoms with Crippen LogP contribution in [-0.2, 0) is 22.7 Å². The molecule has 1 aromatic carbocycles. The second-order valence-electron chi connectivity index (χ2n) is 7.68. The fourth-order valence-electron chi connectivity index (χ4n) is 4.04. The minimum absolute atomic E-state index is 0.0899. The molecule has 2 aromatic rings. The van der Waals surface area contributed by atoms with Crippen LogP contribution in [0, 0.1) is 5.92 Å². The lowest BCUT2D eigenvalue weighted by molar-refractivity contribution is -0.128. The van der Waals surface area contributed by atoms with Gasteiger partial charge in [-0.2, -0.15) is 0 Å². The fraction of sp³-hybridized carbons (Fsp3) is 0.500. The monoisotopic (exact) mass is 416 g/mol. The Balaban J connectivity index is 1.61. The predicted molar refractivity (Wildman–Crippen MR) is 109 cm³/mol. The zero-order valence-electron chi connectivity index (χ0n) is 16.3. The summed E-state index contributed by atoms with van der Waals surface area (Å²) in [4.78, 5) is 27.6. The highest BCUT2D eigenvalue weighted by molar-refractivity contribution is 6.31. The van der Waals surface area contributed by atoms with Crippen LogP contribution in [0.15, 0.2) is 24.3 Å².